The van der Waals surface area contributed by atoms with Crippen LogP contribution in [0, 0.1) is 0 Å². The van der Waals surface area contributed by atoms with Crippen LogP contribution in [0.1, 0.15) is 71.1 Å². The molecule has 0 radical (unpaired) electrons. The van der Waals surface area contributed by atoms with Crippen LogP contribution in [0.3, 0.4) is 0 Å². The van der Waals surface area contributed by atoms with Gasteiger partial charge in [0.15, 0.2) is 5.12 Å². The molecule has 0 saturated heterocycles. The number of rotatable bonds is 14. The summed E-state index contributed by atoms with van der Waals surface area (Å²) in [4.78, 5) is 21.5. The molecule has 0 spiro atoms. The zero-order chi connectivity index (χ0) is 15.8. The van der Waals surface area contributed by atoms with Gasteiger partial charge in [0, 0.05) is 12.7 Å². The van der Waals surface area contributed by atoms with Crippen molar-refractivity contribution in [2.75, 3.05) is 18.2 Å². The van der Waals surface area contributed by atoms with Crippen LogP contribution in [-0.4, -0.2) is 29.3 Å². The second-order valence-electron chi connectivity index (χ2n) is 5.23. The number of alkyl halides is 1. The van der Waals surface area contributed by atoms with Gasteiger partial charge in [-0.05, 0) is 12.8 Å². The minimum atomic E-state index is -0.321. The number of carbonyl (C=O) groups is 2. The molecular formula is C16H29ClO3S. The summed E-state index contributed by atoms with van der Waals surface area (Å²) in [7, 11) is 0. The van der Waals surface area contributed by atoms with Crippen LogP contribution in [0.15, 0.2) is 0 Å². The molecule has 0 bridgehead atoms. The third-order valence-corrected chi connectivity index (χ3v) is 4.33. The molecule has 0 aromatic carbocycles. The van der Waals surface area contributed by atoms with Gasteiger partial charge in [0.1, 0.15) is 5.88 Å². The van der Waals surface area contributed by atoms with E-state index in [0.29, 0.717) is 6.61 Å². The van der Waals surface area contributed by atoms with Gasteiger partial charge in [0.2, 0.25) is 0 Å². The van der Waals surface area contributed by atoms with Crippen molar-refractivity contribution in [3.8, 4) is 0 Å². The average Bonchev–Trinajstić information content (AvgIpc) is 2.46. The molecule has 0 aliphatic carbocycles. The normalized spacial score (nSPS) is 10.6. The molecule has 0 N–H and O–H groups in total. The van der Waals surface area contributed by atoms with E-state index in [1.165, 1.54) is 56.7 Å². The average molecular weight is 337 g/mol. The molecule has 0 unspecified atom stereocenters. The maximum absolute atomic E-state index is 10.8. The Hall–Kier alpha value is -0.220. The van der Waals surface area contributed by atoms with Crippen molar-refractivity contribution in [3.63, 3.8) is 0 Å². The number of halogens is 1. The summed E-state index contributed by atoms with van der Waals surface area (Å²) < 4.78 is 4.90. The third-order valence-electron chi connectivity index (χ3n) is 3.22. The van der Waals surface area contributed by atoms with E-state index >= 15 is 0 Å². The smallest absolute Gasteiger partial charge is 0.320 e. The Bertz CT molecular complexity index is 272. The van der Waals surface area contributed by atoms with Gasteiger partial charge in [-0.2, -0.15) is 0 Å². The molecule has 0 aromatic rings. The monoisotopic (exact) mass is 336 g/mol. The summed E-state index contributed by atoms with van der Waals surface area (Å²) >= 11 is 6.76. The summed E-state index contributed by atoms with van der Waals surface area (Å²) in [5.74, 6) is 0.607. The van der Waals surface area contributed by atoms with Crippen LogP contribution in [0.2, 0.25) is 0 Å². The molecule has 0 heterocycles. The zero-order valence-corrected chi connectivity index (χ0v) is 14.8. The maximum Gasteiger partial charge on any atom is 0.320 e. The van der Waals surface area contributed by atoms with Gasteiger partial charge in [-0.15, -0.1) is 11.6 Å². The Morgan fingerprint density at radius 3 is 1.81 bits per heavy atom. The highest BCUT2D eigenvalue weighted by Gasteiger charge is 1.99. The van der Waals surface area contributed by atoms with Crippen LogP contribution < -0.4 is 0 Å². The van der Waals surface area contributed by atoms with Crippen molar-refractivity contribution in [2.24, 2.45) is 0 Å². The minimum Gasteiger partial charge on any atom is -0.465 e. The Balaban J connectivity index is 3.02. The highest BCUT2D eigenvalue weighted by atomic mass is 35.5. The first-order chi connectivity index (χ1) is 10.2. The van der Waals surface area contributed by atoms with E-state index < -0.39 is 0 Å². The van der Waals surface area contributed by atoms with Crippen molar-refractivity contribution in [3.05, 3.63) is 0 Å². The molecule has 5 heteroatoms. The number of hydrogen-bond acceptors (Lipinski definition) is 4. The van der Waals surface area contributed by atoms with Crippen molar-refractivity contribution >= 4 is 34.4 Å². The molecule has 0 aromatic heterocycles. The van der Waals surface area contributed by atoms with Crippen LogP contribution in [0.5, 0.6) is 0 Å². The van der Waals surface area contributed by atoms with E-state index in [4.69, 9.17) is 16.3 Å². The van der Waals surface area contributed by atoms with Gasteiger partial charge in [-0.1, -0.05) is 63.1 Å². The first-order valence-corrected chi connectivity index (χ1v) is 9.53. The number of hydrogen-bond donors (Lipinski definition) is 0. The fraction of sp³-hybridized carbons (Fsp3) is 0.875. The third kappa shape index (κ3) is 17.7. The minimum absolute atomic E-state index is 0.0482. The molecule has 0 amide bonds. The van der Waals surface area contributed by atoms with Crippen molar-refractivity contribution < 1.29 is 14.3 Å². The quantitative estimate of drug-likeness (QED) is 0.256. The highest BCUT2D eigenvalue weighted by molar-refractivity contribution is 8.13. The Morgan fingerprint density at radius 2 is 1.33 bits per heavy atom. The van der Waals surface area contributed by atoms with Gasteiger partial charge in [-0.25, -0.2) is 0 Å². The first-order valence-electron chi connectivity index (χ1n) is 8.01. The van der Waals surface area contributed by atoms with Crippen LogP contribution >= 0.6 is 23.4 Å². The van der Waals surface area contributed by atoms with E-state index in [0.717, 1.165) is 25.0 Å². The standard InChI is InChI=1S/C16H29ClO3S/c1-15(18)21-13-11-9-7-5-3-2-4-6-8-10-12-20-16(19)14-17/h2-14H2,1H3. The van der Waals surface area contributed by atoms with E-state index in [1.807, 2.05) is 0 Å². The van der Waals surface area contributed by atoms with Gasteiger partial charge in [0.05, 0.1) is 6.61 Å². The molecular weight excluding hydrogens is 308 g/mol. The zero-order valence-electron chi connectivity index (χ0n) is 13.2. The fourth-order valence-corrected chi connectivity index (χ4v) is 2.77. The lowest BCUT2D eigenvalue weighted by atomic mass is 10.1. The number of thioether (sulfide) groups is 1. The largest absolute Gasteiger partial charge is 0.465 e. The van der Waals surface area contributed by atoms with Crippen LogP contribution in [0.4, 0.5) is 0 Å². The number of unbranched alkanes of at least 4 members (excludes halogenated alkanes) is 9. The molecule has 0 saturated carbocycles. The Morgan fingerprint density at radius 1 is 0.857 bits per heavy atom. The lowest BCUT2D eigenvalue weighted by Crippen LogP contribution is -2.06. The molecule has 0 aliphatic heterocycles. The Labute approximate surface area is 138 Å². The van der Waals surface area contributed by atoms with Crippen molar-refractivity contribution in [1.82, 2.24) is 0 Å². The summed E-state index contributed by atoms with van der Waals surface area (Å²) in [6, 6.07) is 0. The van der Waals surface area contributed by atoms with Gasteiger partial charge in [-0.3, -0.25) is 9.59 Å². The number of ether oxygens (including phenoxy) is 1. The predicted octanol–water partition coefficient (Wildman–Crippen LogP) is 4.95. The van der Waals surface area contributed by atoms with Crippen LogP contribution in [-0.2, 0) is 14.3 Å². The Kier molecular flexibility index (Phi) is 16.0. The molecule has 3 nitrogen and oxygen atoms in total. The SMILES string of the molecule is CC(=O)SCCCCCCCCCCCCOC(=O)CCl. The van der Waals surface area contributed by atoms with E-state index in [2.05, 4.69) is 0 Å². The van der Waals surface area contributed by atoms with E-state index in [-0.39, 0.29) is 17.0 Å². The van der Waals surface area contributed by atoms with E-state index in [9.17, 15) is 9.59 Å². The predicted molar refractivity (Wildman–Crippen MR) is 91.0 cm³/mol. The first kappa shape index (κ1) is 20.8. The van der Waals surface area contributed by atoms with Crippen molar-refractivity contribution in [2.45, 2.75) is 71.1 Å². The number of carbonyl (C=O) groups excluding carboxylic acids is 2. The van der Waals surface area contributed by atoms with Gasteiger partial charge in [0.25, 0.3) is 0 Å². The molecule has 0 fully saturated rings. The van der Waals surface area contributed by atoms with Gasteiger partial charge >= 0.3 is 5.97 Å². The maximum atomic E-state index is 10.8. The summed E-state index contributed by atoms with van der Waals surface area (Å²) in [6.45, 7) is 2.14. The number of esters is 1. The lowest BCUT2D eigenvalue weighted by Gasteiger charge is -2.03. The second-order valence-corrected chi connectivity index (χ2v) is 6.77. The molecule has 0 aliphatic rings. The van der Waals surface area contributed by atoms with Crippen molar-refractivity contribution in [1.29, 1.82) is 0 Å². The summed E-state index contributed by atoms with van der Waals surface area (Å²) in [5, 5.41) is 0.229. The molecule has 21 heavy (non-hydrogen) atoms. The fourth-order valence-electron chi connectivity index (χ4n) is 2.06. The molecule has 124 valence electrons. The van der Waals surface area contributed by atoms with E-state index in [1.54, 1.807) is 6.92 Å². The van der Waals surface area contributed by atoms with Crippen LogP contribution in [0.25, 0.3) is 0 Å². The summed E-state index contributed by atoms with van der Waals surface area (Å²) in [6.07, 6.45) is 12.1. The van der Waals surface area contributed by atoms with Gasteiger partial charge < -0.3 is 4.74 Å². The molecule has 0 rings (SSSR count). The summed E-state index contributed by atoms with van der Waals surface area (Å²) in [5.41, 5.74) is 0. The topological polar surface area (TPSA) is 43.4 Å². The lowest BCUT2D eigenvalue weighted by molar-refractivity contribution is -0.140. The highest BCUT2D eigenvalue weighted by Crippen LogP contribution is 2.12. The second kappa shape index (κ2) is 16.2. The molecule has 0 atom stereocenters.